The van der Waals surface area contributed by atoms with E-state index in [1.54, 1.807) is 12.4 Å². The molecule has 138 valence electrons. The molecule has 0 atom stereocenters. The van der Waals surface area contributed by atoms with Crippen LogP contribution >= 0.6 is 0 Å². The molecule has 0 bridgehead atoms. The highest BCUT2D eigenvalue weighted by molar-refractivity contribution is 5.95. The van der Waals surface area contributed by atoms with E-state index in [1.807, 2.05) is 30.3 Å². The maximum atomic E-state index is 12.6. The molecule has 6 nitrogen and oxygen atoms in total. The minimum Gasteiger partial charge on any atom is -0.356 e. The molecule has 1 fully saturated rings. The van der Waals surface area contributed by atoms with Crippen LogP contribution in [-0.4, -0.2) is 40.0 Å². The van der Waals surface area contributed by atoms with Gasteiger partial charge in [0.25, 0.3) is 5.91 Å². The number of para-hydroxylation sites is 1. The van der Waals surface area contributed by atoms with Crippen molar-refractivity contribution in [1.29, 1.82) is 0 Å². The Morgan fingerprint density at radius 1 is 1.15 bits per heavy atom. The van der Waals surface area contributed by atoms with E-state index in [0.717, 1.165) is 54.8 Å². The van der Waals surface area contributed by atoms with E-state index >= 15 is 0 Å². The number of aromatic nitrogens is 3. The number of rotatable bonds is 4. The SMILES string of the molecule is CCc1cc(N2CCC(NC(=O)c3ccc4ccccc4n3)CC2)ncn1. The molecule has 6 heteroatoms. The van der Waals surface area contributed by atoms with Crippen molar-refractivity contribution in [2.45, 2.75) is 32.2 Å². The Bertz CT molecular complexity index is 950. The van der Waals surface area contributed by atoms with E-state index in [1.165, 1.54) is 0 Å². The molecular formula is C21H23N5O. The van der Waals surface area contributed by atoms with Crippen molar-refractivity contribution in [2.75, 3.05) is 18.0 Å². The molecule has 3 aromatic rings. The molecule has 0 radical (unpaired) electrons. The highest BCUT2D eigenvalue weighted by atomic mass is 16.1. The number of anilines is 1. The predicted octanol–water partition coefficient (Wildman–Crippen LogP) is 2.99. The van der Waals surface area contributed by atoms with Crippen LogP contribution < -0.4 is 10.2 Å². The monoisotopic (exact) mass is 361 g/mol. The number of carbonyl (C=O) groups is 1. The third kappa shape index (κ3) is 3.89. The topological polar surface area (TPSA) is 71.0 Å². The average Bonchev–Trinajstić information content (AvgIpc) is 2.74. The van der Waals surface area contributed by atoms with Crippen LogP contribution in [0, 0.1) is 0 Å². The Morgan fingerprint density at radius 3 is 2.78 bits per heavy atom. The Kier molecular flexibility index (Phi) is 4.96. The van der Waals surface area contributed by atoms with Crippen LogP contribution in [0.3, 0.4) is 0 Å². The highest BCUT2D eigenvalue weighted by Crippen LogP contribution is 2.19. The van der Waals surface area contributed by atoms with Gasteiger partial charge < -0.3 is 10.2 Å². The first kappa shape index (κ1) is 17.4. The maximum Gasteiger partial charge on any atom is 0.270 e. The number of carbonyl (C=O) groups excluding carboxylic acids is 1. The molecule has 2 aromatic heterocycles. The zero-order valence-corrected chi connectivity index (χ0v) is 15.4. The molecule has 27 heavy (non-hydrogen) atoms. The largest absolute Gasteiger partial charge is 0.356 e. The van der Waals surface area contributed by atoms with Crippen LogP contribution in [0.15, 0.2) is 48.8 Å². The molecule has 1 aromatic carbocycles. The van der Waals surface area contributed by atoms with Crippen molar-refractivity contribution < 1.29 is 4.79 Å². The van der Waals surface area contributed by atoms with Gasteiger partial charge in [0, 0.05) is 36.3 Å². The minimum absolute atomic E-state index is 0.102. The molecule has 1 aliphatic rings. The quantitative estimate of drug-likeness (QED) is 0.773. The summed E-state index contributed by atoms with van der Waals surface area (Å²) in [6.07, 6.45) is 4.32. The van der Waals surface area contributed by atoms with E-state index in [4.69, 9.17) is 0 Å². The molecule has 1 amide bonds. The van der Waals surface area contributed by atoms with E-state index < -0.39 is 0 Å². The summed E-state index contributed by atoms with van der Waals surface area (Å²) in [6, 6.07) is 13.8. The molecular weight excluding hydrogens is 338 g/mol. The summed E-state index contributed by atoms with van der Waals surface area (Å²) in [4.78, 5) is 28.0. The van der Waals surface area contributed by atoms with E-state index in [9.17, 15) is 4.79 Å². The lowest BCUT2D eigenvalue weighted by Crippen LogP contribution is -2.45. The standard InChI is InChI=1S/C21H23N5O/c1-2-16-13-20(23-14-22-16)26-11-9-17(10-12-26)24-21(27)19-8-7-15-5-3-4-6-18(15)25-19/h3-8,13-14,17H,2,9-12H2,1H3,(H,24,27). The number of nitrogens with zero attached hydrogens (tertiary/aromatic N) is 4. The number of aryl methyl sites for hydroxylation is 1. The second-order valence-corrected chi connectivity index (χ2v) is 6.85. The number of amides is 1. The normalized spacial score (nSPS) is 15.1. The fourth-order valence-corrected chi connectivity index (χ4v) is 3.46. The Hall–Kier alpha value is -3.02. The lowest BCUT2D eigenvalue weighted by atomic mass is 10.0. The summed E-state index contributed by atoms with van der Waals surface area (Å²) in [7, 11) is 0. The van der Waals surface area contributed by atoms with Crippen molar-refractivity contribution >= 4 is 22.6 Å². The van der Waals surface area contributed by atoms with Crippen molar-refractivity contribution in [2.24, 2.45) is 0 Å². The van der Waals surface area contributed by atoms with Crippen LogP contribution in [0.5, 0.6) is 0 Å². The van der Waals surface area contributed by atoms with Crippen molar-refractivity contribution in [1.82, 2.24) is 20.3 Å². The van der Waals surface area contributed by atoms with Gasteiger partial charge in [0.1, 0.15) is 17.8 Å². The molecule has 1 N–H and O–H groups in total. The van der Waals surface area contributed by atoms with Crippen molar-refractivity contribution in [3.05, 3.63) is 60.2 Å². The summed E-state index contributed by atoms with van der Waals surface area (Å²) < 4.78 is 0. The number of nitrogens with one attached hydrogen (secondary N) is 1. The number of pyridine rings is 1. The lowest BCUT2D eigenvalue weighted by Gasteiger charge is -2.33. The predicted molar refractivity (Wildman–Crippen MR) is 106 cm³/mol. The zero-order chi connectivity index (χ0) is 18.6. The van der Waals surface area contributed by atoms with E-state index in [0.29, 0.717) is 5.69 Å². The van der Waals surface area contributed by atoms with Gasteiger partial charge in [-0.2, -0.15) is 0 Å². The van der Waals surface area contributed by atoms with Gasteiger partial charge in [-0.05, 0) is 31.4 Å². The van der Waals surface area contributed by atoms with E-state index in [2.05, 4.69) is 38.2 Å². The first-order valence-electron chi connectivity index (χ1n) is 9.45. The molecule has 0 aliphatic carbocycles. The van der Waals surface area contributed by atoms with Gasteiger partial charge in [-0.1, -0.05) is 31.2 Å². The number of piperidine rings is 1. The Morgan fingerprint density at radius 2 is 1.96 bits per heavy atom. The third-order valence-corrected chi connectivity index (χ3v) is 5.06. The number of benzene rings is 1. The van der Waals surface area contributed by atoms with Gasteiger partial charge in [0.15, 0.2) is 0 Å². The number of hydrogen-bond acceptors (Lipinski definition) is 5. The Labute approximate surface area is 158 Å². The van der Waals surface area contributed by atoms with Crippen LogP contribution in [0.1, 0.15) is 35.9 Å². The molecule has 3 heterocycles. The summed E-state index contributed by atoms with van der Waals surface area (Å²) in [5.74, 6) is 0.873. The second-order valence-electron chi connectivity index (χ2n) is 6.85. The fraction of sp³-hybridized carbons (Fsp3) is 0.333. The summed E-state index contributed by atoms with van der Waals surface area (Å²) in [5.41, 5.74) is 2.37. The molecule has 0 saturated carbocycles. The summed E-state index contributed by atoms with van der Waals surface area (Å²) in [5, 5.41) is 4.17. The van der Waals surface area contributed by atoms with Gasteiger partial charge in [-0.25, -0.2) is 15.0 Å². The molecule has 1 aliphatic heterocycles. The van der Waals surface area contributed by atoms with Gasteiger partial charge in [0.2, 0.25) is 0 Å². The molecule has 4 rings (SSSR count). The molecule has 0 spiro atoms. The molecule has 0 unspecified atom stereocenters. The average molecular weight is 361 g/mol. The minimum atomic E-state index is -0.102. The fourth-order valence-electron chi connectivity index (χ4n) is 3.46. The zero-order valence-electron chi connectivity index (χ0n) is 15.4. The summed E-state index contributed by atoms with van der Waals surface area (Å²) >= 11 is 0. The van der Waals surface area contributed by atoms with Crippen LogP contribution in [0.2, 0.25) is 0 Å². The number of hydrogen-bond donors (Lipinski definition) is 1. The summed E-state index contributed by atoms with van der Waals surface area (Å²) in [6.45, 7) is 3.83. The third-order valence-electron chi connectivity index (χ3n) is 5.06. The maximum absolute atomic E-state index is 12.6. The number of fused-ring (bicyclic) bond motifs is 1. The van der Waals surface area contributed by atoms with Gasteiger partial charge >= 0.3 is 0 Å². The first-order valence-corrected chi connectivity index (χ1v) is 9.45. The lowest BCUT2D eigenvalue weighted by molar-refractivity contribution is 0.0926. The van der Waals surface area contributed by atoms with Crippen molar-refractivity contribution in [3.8, 4) is 0 Å². The second kappa shape index (κ2) is 7.70. The van der Waals surface area contributed by atoms with Gasteiger partial charge in [-0.15, -0.1) is 0 Å². The van der Waals surface area contributed by atoms with E-state index in [-0.39, 0.29) is 11.9 Å². The smallest absolute Gasteiger partial charge is 0.270 e. The first-order chi connectivity index (χ1) is 13.2. The van der Waals surface area contributed by atoms with Crippen LogP contribution in [0.25, 0.3) is 10.9 Å². The van der Waals surface area contributed by atoms with Crippen LogP contribution in [0.4, 0.5) is 5.82 Å². The Balaban J connectivity index is 1.37. The highest BCUT2D eigenvalue weighted by Gasteiger charge is 2.22. The van der Waals surface area contributed by atoms with Gasteiger partial charge in [0.05, 0.1) is 5.52 Å². The van der Waals surface area contributed by atoms with Crippen molar-refractivity contribution in [3.63, 3.8) is 0 Å². The van der Waals surface area contributed by atoms with Crippen LogP contribution in [-0.2, 0) is 6.42 Å². The van der Waals surface area contributed by atoms with Gasteiger partial charge in [-0.3, -0.25) is 4.79 Å². The molecule has 1 saturated heterocycles.